The van der Waals surface area contributed by atoms with E-state index in [1.54, 1.807) is 0 Å². The standard InChI is InChI=1S/C17H32N4O6/c1-10(2)9-13(21-15(24)11(19)6-7-14(22)23)16(25)20-12(17(26)27)5-3-4-8-18/h10-13H,3-9,18-19H2,1-2H3,(H,20,25)(H,21,24)(H,22,23)(H,26,27). The van der Waals surface area contributed by atoms with Crippen molar-refractivity contribution in [1.82, 2.24) is 10.6 Å². The van der Waals surface area contributed by atoms with E-state index in [2.05, 4.69) is 10.6 Å². The lowest BCUT2D eigenvalue weighted by Crippen LogP contribution is -2.54. The van der Waals surface area contributed by atoms with E-state index in [4.69, 9.17) is 16.6 Å². The lowest BCUT2D eigenvalue weighted by Gasteiger charge is -2.24. The Labute approximate surface area is 159 Å². The van der Waals surface area contributed by atoms with E-state index in [-0.39, 0.29) is 25.2 Å². The number of amides is 2. The SMILES string of the molecule is CC(C)CC(NC(=O)C(N)CCC(=O)O)C(=O)NC(CCCCN)C(=O)O. The Bertz CT molecular complexity index is 512. The molecule has 156 valence electrons. The van der Waals surface area contributed by atoms with E-state index in [1.165, 1.54) is 0 Å². The van der Waals surface area contributed by atoms with Crippen molar-refractivity contribution in [3.63, 3.8) is 0 Å². The topological polar surface area (TPSA) is 185 Å². The van der Waals surface area contributed by atoms with Crippen LogP contribution in [0.15, 0.2) is 0 Å². The number of nitrogens with two attached hydrogens (primary N) is 2. The fourth-order valence-electron chi connectivity index (χ4n) is 2.41. The van der Waals surface area contributed by atoms with Gasteiger partial charge >= 0.3 is 11.9 Å². The van der Waals surface area contributed by atoms with Gasteiger partial charge in [0.1, 0.15) is 12.1 Å². The second kappa shape index (κ2) is 13.0. The molecule has 8 N–H and O–H groups in total. The molecule has 0 aromatic rings. The summed E-state index contributed by atoms with van der Waals surface area (Å²) in [5.74, 6) is -3.43. The number of carbonyl (C=O) groups is 4. The molecule has 0 rings (SSSR count). The molecule has 0 aliphatic rings. The first kappa shape index (κ1) is 24.8. The molecule has 0 aromatic carbocycles. The van der Waals surface area contributed by atoms with Gasteiger partial charge in [0.2, 0.25) is 11.8 Å². The van der Waals surface area contributed by atoms with E-state index in [9.17, 15) is 24.3 Å². The molecule has 0 spiro atoms. The number of rotatable bonds is 14. The lowest BCUT2D eigenvalue weighted by molar-refractivity contribution is -0.142. The third kappa shape index (κ3) is 11.2. The highest BCUT2D eigenvalue weighted by Crippen LogP contribution is 2.08. The number of carbonyl (C=O) groups excluding carboxylic acids is 2. The van der Waals surface area contributed by atoms with Crippen molar-refractivity contribution in [3.05, 3.63) is 0 Å². The molecule has 0 fully saturated rings. The molecule has 0 aliphatic carbocycles. The zero-order valence-corrected chi connectivity index (χ0v) is 15.9. The average molecular weight is 388 g/mol. The molecular formula is C17H32N4O6. The fourth-order valence-corrected chi connectivity index (χ4v) is 2.41. The van der Waals surface area contributed by atoms with Gasteiger partial charge in [-0.2, -0.15) is 0 Å². The van der Waals surface area contributed by atoms with Crippen LogP contribution in [0.25, 0.3) is 0 Å². The maximum Gasteiger partial charge on any atom is 0.326 e. The van der Waals surface area contributed by atoms with Gasteiger partial charge in [-0.15, -0.1) is 0 Å². The smallest absolute Gasteiger partial charge is 0.326 e. The van der Waals surface area contributed by atoms with Gasteiger partial charge in [0.25, 0.3) is 0 Å². The Morgan fingerprint density at radius 2 is 1.52 bits per heavy atom. The van der Waals surface area contributed by atoms with E-state index in [0.29, 0.717) is 25.8 Å². The molecule has 0 aliphatic heterocycles. The van der Waals surface area contributed by atoms with Gasteiger partial charge in [-0.05, 0) is 44.6 Å². The monoisotopic (exact) mass is 388 g/mol. The zero-order valence-electron chi connectivity index (χ0n) is 15.9. The molecule has 0 radical (unpaired) electrons. The second-order valence-corrected chi connectivity index (χ2v) is 6.91. The number of nitrogens with one attached hydrogen (secondary N) is 2. The van der Waals surface area contributed by atoms with Gasteiger partial charge < -0.3 is 32.3 Å². The van der Waals surface area contributed by atoms with E-state index < -0.39 is 41.9 Å². The summed E-state index contributed by atoms with van der Waals surface area (Å²) in [7, 11) is 0. The van der Waals surface area contributed by atoms with Gasteiger partial charge in [-0.25, -0.2) is 4.79 Å². The quantitative estimate of drug-likeness (QED) is 0.213. The highest BCUT2D eigenvalue weighted by Gasteiger charge is 2.28. The van der Waals surface area contributed by atoms with Gasteiger partial charge in [0.05, 0.1) is 6.04 Å². The molecule has 0 saturated heterocycles. The minimum atomic E-state index is -1.16. The summed E-state index contributed by atoms with van der Waals surface area (Å²) in [6.45, 7) is 4.14. The summed E-state index contributed by atoms with van der Waals surface area (Å²) in [6, 6.07) is -3.09. The van der Waals surface area contributed by atoms with E-state index >= 15 is 0 Å². The van der Waals surface area contributed by atoms with Crippen molar-refractivity contribution in [1.29, 1.82) is 0 Å². The maximum atomic E-state index is 12.5. The molecule has 10 nitrogen and oxygen atoms in total. The van der Waals surface area contributed by atoms with Crippen molar-refractivity contribution in [2.75, 3.05) is 6.54 Å². The summed E-state index contributed by atoms with van der Waals surface area (Å²) in [5.41, 5.74) is 11.1. The van der Waals surface area contributed by atoms with Crippen molar-refractivity contribution < 1.29 is 29.4 Å². The largest absolute Gasteiger partial charge is 0.481 e. The summed E-state index contributed by atoms with van der Waals surface area (Å²) >= 11 is 0. The fraction of sp³-hybridized carbons (Fsp3) is 0.765. The zero-order chi connectivity index (χ0) is 21.0. The molecule has 3 unspecified atom stereocenters. The number of hydrogen-bond acceptors (Lipinski definition) is 6. The Morgan fingerprint density at radius 3 is 2.00 bits per heavy atom. The Hall–Kier alpha value is -2.20. The highest BCUT2D eigenvalue weighted by molar-refractivity contribution is 5.91. The van der Waals surface area contributed by atoms with E-state index in [0.717, 1.165) is 0 Å². The molecule has 0 saturated carbocycles. The Kier molecular flexibility index (Phi) is 12.0. The number of carboxylic acid groups (broad SMARTS) is 2. The minimum Gasteiger partial charge on any atom is -0.481 e. The van der Waals surface area contributed by atoms with Crippen molar-refractivity contribution in [3.8, 4) is 0 Å². The Morgan fingerprint density at radius 1 is 0.926 bits per heavy atom. The summed E-state index contributed by atoms with van der Waals surface area (Å²) in [6.07, 6.45) is 1.39. The van der Waals surface area contributed by atoms with Crippen molar-refractivity contribution >= 4 is 23.8 Å². The normalized spacial score (nSPS) is 14.3. The molecular weight excluding hydrogens is 356 g/mol. The first-order chi connectivity index (χ1) is 12.6. The number of hydrogen-bond donors (Lipinski definition) is 6. The summed E-state index contributed by atoms with van der Waals surface area (Å²) < 4.78 is 0. The molecule has 10 heteroatoms. The van der Waals surface area contributed by atoms with Crippen LogP contribution < -0.4 is 22.1 Å². The molecule has 27 heavy (non-hydrogen) atoms. The van der Waals surface area contributed by atoms with Crippen LogP contribution in [-0.4, -0.2) is 58.6 Å². The van der Waals surface area contributed by atoms with Crippen LogP contribution in [0.1, 0.15) is 52.4 Å². The number of carboxylic acids is 2. The summed E-state index contributed by atoms with van der Waals surface area (Å²) in [4.78, 5) is 46.6. The predicted molar refractivity (Wildman–Crippen MR) is 98.7 cm³/mol. The molecule has 0 bridgehead atoms. The van der Waals surface area contributed by atoms with E-state index in [1.807, 2.05) is 13.8 Å². The third-order valence-corrected chi connectivity index (χ3v) is 3.91. The first-order valence-corrected chi connectivity index (χ1v) is 9.09. The molecule has 0 aromatic heterocycles. The highest BCUT2D eigenvalue weighted by atomic mass is 16.4. The Balaban J connectivity index is 4.93. The van der Waals surface area contributed by atoms with Crippen LogP contribution in [0, 0.1) is 5.92 Å². The van der Waals surface area contributed by atoms with Gasteiger partial charge in [0, 0.05) is 6.42 Å². The predicted octanol–water partition coefficient (Wildman–Crippen LogP) is -0.592. The lowest BCUT2D eigenvalue weighted by atomic mass is 10.0. The molecule has 2 amide bonds. The second-order valence-electron chi connectivity index (χ2n) is 6.91. The van der Waals surface area contributed by atoms with Crippen molar-refractivity contribution in [2.45, 2.75) is 70.5 Å². The average Bonchev–Trinajstić information content (AvgIpc) is 2.57. The van der Waals surface area contributed by atoms with Gasteiger partial charge in [-0.1, -0.05) is 13.8 Å². The van der Waals surface area contributed by atoms with Crippen LogP contribution in [0.3, 0.4) is 0 Å². The van der Waals surface area contributed by atoms with Crippen LogP contribution in [0.5, 0.6) is 0 Å². The summed E-state index contributed by atoms with van der Waals surface area (Å²) in [5, 5.41) is 22.9. The van der Waals surface area contributed by atoms with Crippen LogP contribution in [0.4, 0.5) is 0 Å². The number of aliphatic carboxylic acids is 2. The molecule has 3 atom stereocenters. The maximum absolute atomic E-state index is 12.5. The van der Waals surface area contributed by atoms with Gasteiger partial charge in [0.15, 0.2) is 0 Å². The van der Waals surface area contributed by atoms with Crippen LogP contribution in [0.2, 0.25) is 0 Å². The number of unbranched alkanes of at least 4 members (excludes halogenated alkanes) is 1. The first-order valence-electron chi connectivity index (χ1n) is 9.09. The van der Waals surface area contributed by atoms with Crippen molar-refractivity contribution in [2.24, 2.45) is 17.4 Å². The van der Waals surface area contributed by atoms with Crippen LogP contribution >= 0.6 is 0 Å². The minimum absolute atomic E-state index is 0.0526. The van der Waals surface area contributed by atoms with Crippen LogP contribution in [-0.2, 0) is 19.2 Å². The van der Waals surface area contributed by atoms with Gasteiger partial charge in [-0.3, -0.25) is 14.4 Å². The third-order valence-electron chi connectivity index (χ3n) is 3.91. The molecule has 0 heterocycles.